The molecule has 0 saturated heterocycles. The van der Waals surface area contributed by atoms with Crippen LogP contribution in [0.25, 0.3) is 5.69 Å². The monoisotopic (exact) mass is 256 g/mol. The Kier molecular flexibility index (Phi) is 3.07. The van der Waals surface area contributed by atoms with E-state index in [0.29, 0.717) is 0 Å². The lowest BCUT2D eigenvalue weighted by atomic mass is 9.85. The Bertz CT molecular complexity index is 589. The number of nitrogens with zero attached hydrogens (tertiary/aromatic N) is 2. The van der Waals surface area contributed by atoms with Crippen LogP contribution in [0.2, 0.25) is 0 Å². The van der Waals surface area contributed by atoms with Crippen LogP contribution < -0.4 is 0 Å². The first-order chi connectivity index (χ1) is 9.25. The molecule has 4 heteroatoms. The summed E-state index contributed by atoms with van der Waals surface area (Å²) >= 11 is 0. The third-order valence-electron chi connectivity index (χ3n) is 3.73. The Balaban J connectivity index is 1.98. The minimum atomic E-state index is -0.731. The van der Waals surface area contributed by atoms with Crippen molar-refractivity contribution >= 4 is 5.97 Å². The SMILES string of the molecule is O=C(O)CC1CCCc2c1cnn2-c1ccccc1. The lowest BCUT2D eigenvalue weighted by molar-refractivity contribution is -0.137. The van der Waals surface area contributed by atoms with E-state index in [-0.39, 0.29) is 12.3 Å². The summed E-state index contributed by atoms with van der Waals surface area (Å²) in [6, 6.07) is 10.00. The molecule has 2 aromatic rings. The van der Waals surface area contributed by atoms with Gasteiger partial charge in [0.25, 0.3) is 0 Å². The van der Waals surface area contributed by atoms with E-state index >= 15 is 0 Å². The summed E-state index contributed by atoms with van der Waals surface area (Å²) in [7, 11) is 0. The third-order valence-corrected chi connectivity index (χ3v) is 3.73. The largest absolute Gasteiger partial charge is 0.481 e. The smallest absolute Gasteiger partial charge is 0.303 e. The van der Waals surface area contributed by atoms with Gasteiger partial charge in [0.15, 0.2) is 0 Å². The van der Waals surface area contributed by atoms with Crippen LogP contribution >= 0.6 is 0 Å². The first-order valence-corrected chi connectivity index (χ1v) is 6.59. The maximum atomic E-state index is 10.9. The van der Waals surface area contributed by atoms with Gasteiger partial charge in [-0.05, 0) is 42.9 Å². The van der Waals surface area contributed by atoms with Crippen LogP contribution in [0.3, 0.4) is 0 Å². The molecule has 1 aromatic heterocycles. The van der Waals surface area contributed by atoms with Gasteiger partial charge in [0.1, 0.15) is 0 Å². The first kappa shape index (κ1) is 12.0. The normalized spacial score (nSPS) is 18.0. The van der Waals surface area contributed by atoms with Crippen molar-refractivity contribution in [3.63, 3.8) is 0 Å². The predicted molar refractivity (Wildman–Crippen MR) is 71.5 cm³/mol. The standard InChI is InChI=1S/C15H16N2O2/c18-15(19)9-11-5-4-8-14-13(11)10-16-17(14)12-6-2-1-3-7-12/h1-3,6-7,10-11H,4-5,8-9H2,(H,18,19). The van der Waals surface area contributed by atoms with Crippen molar-refractivity contribution in [2.45, 2.75) is 31.6 Å². The molecule has 1 aliphatic carbocycles. The average Bonchev–Trinajstić information content (AvgIpc) is 2.84. The lowest BCUT2D eigenvalue weighted by Gasteiger charge is -2.21. The van der Waals surface area contributed by atoms with Gasteiger partial charge in [-0.1, -0.05) is 18.2 Å². The molecule has 1 N–H and O–H groups in total. The summed E-state index contributed by atoms with van der Waals surface area (Å²) in [6.07, 6.45) is 4.99. The highest BCUT2D eigenvalue weighted by Gasteiger charge is 2.26. The molecule has 0 saturated carbocycles. The van der Waals surface area contributed by atoms with Gasteiger partial charge in [-0.25, -0.2) is 4.68 Å². The van der Waals surface area contributed by atoms with Crippen molar-refractivity contribution in [2.75, 3.05) is 0 Å². The van der Waals surface area contributed by atoms with Crippen molar-refractivity contribution in [3.8, 4) is 5.69 Å². The number of hydrogen-bond acceptors (Lipinski definition) is 2. The van der Waals surface area contributed by atoms with Crippen LogP contribution in [0.15, 0.2) is 36.5 Å². The van der Waals surface area contributed by atoms with E-state index in [1.807, 2.05) is 41.2 Å². The molecule has 0 bridgehead atoms. The quantitative estimate of drug-likeness (QED) is 0.918. The second-order valence-electron chi connectivity index (χ2n) is 4.98. The summed E-state index contributed by atoms with van der Waals surface area (Å²) in [5.74, 6) is -0.621. The predicted octanol–water partition coefficient (Wildman–Crippen LogP) is 2.77. The van der Waals surface area contributed by atoms with E-state index < -0.39 is 5.97 Å². The molecule has 1 aliphatic rings. The second-order valence-corrected chi connectivity index (χ2v) is 4.98. The fourth-order valence-electron chi connectivity index (χ4n) is 2.86. The number of carboxylic acid groups (broad SMARTS) is 1. The molecule has 19 heavy (non-hydrogen) atoms. The van der Waals surface area contributed by atoms with Gasteiger partial charge in [0.2, 0.25) is 0 Å². The van der Waals surface area contributed by atoms with E-state index in [1.54, 1.807) is 0 Å². The number of benzene rings is 1. The molecule has 0 spiro atoms. The minimum absolute atomic E-state index is 0.110. The van der Waals surface area contributed by atoms with Gasteiger partial charge in [-0.3, -0.25) is 4.79 Å². The molecule has 1 heterocycles. The highest BCUT2D eigenvalue weighted by atomic mass is 16.4. The van der Waals surface area contributed by atoms with Gasteiger partial charge >= 0.3 is 5.97 Å². The van der Waals surface area contributed by atoms with Crippen molar-refractivity contribution in [1.82, 2.24) is 9.78 Å². The van der Waals surface area contributed by atoms with E-state index in [4.69, 9.17) is 5.11 Å². The number of carbonyl (C=O) groups is 1. The van der Waals surface area contributed by atoms with E-state index in [2.05, 4.69) is 5.10 Å². The highest BCUT2D eigenvalue weighted by molar-refractivity contribution is 5.68. The molecule has 1 aromatic carbocycles. The molecule has 3 rings (SSSR count). The number of hydrogen-bond donors (Lipinski definition) is 1. The Labute approximate surface area is 111 Å². The van der Waals surface area contributed by atoms with Crippen LogP contribution in [0.4, 0.5) is 0 Å². The number of aliphatic carboxylic acids is 1. The van der Waals surface area contributed by atoms with Crippen molar-refractivity contribution < 1.29 is 9.90 Å². The summed E-state index contributed by atoms with van der Waals surface area (Å²) in [5.41, 5.74) is 3.32. The van der Waals surface area contributed by atoms with E-state index in [9.17, 15) is 4.79 Å². The Morgan fingerprint density at radius 1 is 1.37 bits per heavy atom. The third kappa shape index (κ3) is 2.26. The van der Waals surface area contributed by atoms with Gasteiger partial charge < -0.3 is 5.11 Å². The molecule has 1 unspecified atom stereocenters. The van der Waals surface area contributed by atoms with Gasteiger partial charge in [0.05, 0.1) is 18.3 Å². The second kappa shape index (κ2) is 4.88. The molecule has 0 radical (unpaired) electrons. The van der Waals surface area contributed by atoms with Crippen LogP contribution in [0, 0.1) is 0 Å². The fraction of sp³-hybridized carbons (Fsp3) is 0.333. The maximum Gasteiger partial charge on any atom is 0.303 e. The van der Waals surface area contributed by atoms with Crippen LogP contribution in [0.5, 0.6) is 0 Å². The molecular weight excluding hydrogens is 240 g/mol. The topological polar surface area (TPSA) is 55.1 Å². The van der Waals surface area contributed by atoms with Crippen molar-refractivity contribution in [2.24, 2.45) is 0 Å². The van der Waals surface area contributed by atoms with E-state index in [0.717, 1.165) is 30.5 Å². The zero-order chi connectivity index (χ0) is 13.2. The maximum absolute atomic E-state index is 10.9. The number of aromatic nitrogens is 2. The van der Waals surface area contributed by atoms with Gasteiger partial charge in [0, 0.05) is 5.69 Å². The van der Waals surface area contributed by atoms with Crippen LogP contribution in [0.1, 0.15) is 36.4 Å². The van der Waals surface area contributed by atoms with Gasteiger partial charge in [-0.2, -0.15) is 5.10 Å². The zero-order valence-corrected chi connectivity index (χ0v) is 10.6. The van der Waals surface area contributed by atoms with E-state index in [1.165, 1.54) is 5.69 Å². The number of rotatable bonds is 3. The van der Waals surface area contributed by atoms with Crippen molar-refractivity contribution in [1.29, 1.82) is 0 Å². The summed E-state index contributed by atoms with van der Waals surface area (Å²) in [5, 5.41) is 13.4. The highest BCUT2D eigenvalue weighted by Crippen LogP contribution is 2.34. The van der Waals surface area contributed by atoms with Crippen LogP contribution in [-0.2, 0) is 11.2 Å². The number of fused-ring (bicyclic) bond motifs is 1. The Hall–Kier alpha value is -2.10. The molecule has 0 amide bonds. The summed E-state index contributed by atoms with van der Waals surface area (Å²) in [4.78, 5) is 10.9. The lowest BCUT2D eigenvalue weighted by Crippen LogP contribution is -2.14. The van der Waals surface area contributed by atoms with Crippen LogP contribution in [-0.4, -0.2) is 20.9 Å². The molecule has 4 nitrogen and oxygen atoms in total. The molecule has 98 valence electrons. The Morgan fingerprint density at radius 3 is 2.89 bits per heavy atom. The zero-order valence-electron chi connectivity index (χ0n) is 10.6. The number of para-hydroxylation sites is 1. The molecule has 0 fully saturated rings. The van der Waals surface area contributed by atoms with Gasteiger partial charge in [-0.15, -0.1) is 0 Å². The molecule has 1 atom stereocenters. The summed E-state index contributed by atoms with van der Waals surface area (Å²) < 4.78 is 1.95. The Morgan fingerprint density at radius 2 is 2.16 bits per heavy atom. The number of carboxylic acids is 1. The average molecular weight is 256 g/mol. The van der Waals surface area contributed by atoms with Crippen molar-refractivity contribution in [3.05, 3.63) is 47.8 Å². The fourth-order valence-corrected chi connectivity index (χ4v) is 2.86. The summed E-state index contributed by atoms with van der Waals surface area (Å²) in [6.45, 7) is 0. The molecule has 0 aliphatic heterocycles. The first-order valence-electron chi connectivity index (χ1n) is 6.59. The molecular formula is C15H16N2O2. The minimum Gasteiger partial charge on any atom is -0.481 e.